The van der Waals surface area contributed by atoms with Crippen LogP contribution in [-0.4, -0.2) is 47.5 Å². The quantitative estimate of drug-likeness (QED) is 0.542. The van der Waals surface area contributed by atoms with Crippen LogP contribution >= 0.6 is 24.0 Å². The highest BCUT2D eigenvalue weighted by Gasteiger charge is 2.29. The minimum absolute atomic E-state index is 0. The van der Waals surface area contributed by atoms with Crippen molar-refractivity contribution in [2.24, 2.45) is 5.92 Å². The van der Waals surface area contributed by atoms with Crippen molar-refractivity contribution in [3.8, 4) is 5.75 Å². The van der Waals surface area contributed by atoms with Gasteiger partial charge in [-0.2, -0.15) is 0 Å². The number of amides is 1. The molecule has 1 aliphatic heterocycles. The molecule has 27 heavy (non-hydrogen) atoms. The predicted octanol–water partition coefficient (Wildman–Crippen LogP) is 3.43. The van der Waals surface area contributed by atoms with Crippen molar-refractivity contribution in [1.82, 2.24) is 10.2 Å². The molecule has 1 unspecified atom stereocenters. The third kappa shape index (κ3) is 5.96. The molecule has 1 heterocycles. The van der Waals surface area contributed by atoms with Crippen LogP contribution < -0.4 is 10.1 Å². The van der Waals surface area contributed by atoms with Gasteiger partial charge in [0.1, 0.15) is 0 Å². The van der Waals surface area contributed by atoms with E-state index in [1.165, 1.54) is 31.0 Å². The van der Waals surface area contributed by atoms with Crippen LogP contribution in [0, 0.1) is 16.0 Å². The van der Waals surface area contributed by atoms with Gasteiger partial charge >= 0.3 is 5.69 Å². The van der Waals surface area contributed by atoms with E-state index in [2.05, 4.69) is 5.32 Å². The molecule has 1 aromatic rings. The van der Waals surface area contributed by atoms with E-state index >= 15 is 0 Å². The third-order valence-corrected chi connectivity index (χ3v) is 5.20. The molecule has 2 aliphatic rings. The molecule has 9 heteroatoms. The Labute approximate surface area is 169 Å². The molecule has 0 radical (unpaired) electrons. The van der Waals surface area contributed by atoms with Crippen LogP contribution in [0.2, 0.25) is 5.02 Å². The molecule has 3 rings (SSSR count). The molecule has 1 saturated heterocycles. The zero-order valence-electron chi connectivity index (χ0n) is 15.2. The second-order valence-electron chi connectivity index (χ2n) is 7.08. The van der Waals surface area contributed by atoms with Gasteiger partial charge in [0, 0.05) is 30.2 Å². The summed E-state index contributed by atoms with van der Waals surface area (Å²) in [6.45, 7) is 4.06. The van der Waals surface area contributed by atoms with Crippen molar-refractivity contribution >= 4 is 35.6 Å². The van der Waals surface area contributed by atoms with Gasteiger partial charge in [-0.3, -0.25) is 14.9 Å². The van der Waals surface area contributed by atoms with Gasteiger partial charge in [-0.05, 0) is 57.2 Å². The Bertz CT molecular complexity index is 677. The van der Waals surface area contributed by atoms with E-state index in [-0.39, 0.29) is 34.8 Å². The number of ether oxygens (including phenoxy) is 1. The number of nitrogens with one attached hydrogen (secondary N) is 1. The number of nitrogens with zero attached hydrogens (tertiary/aromatic N) is 2. The van der Waals surface area contributed by atoms with Crippen LogP contribution in [0.3, 0.4) is 0 Å². The molecule has 1 aromatic carbocycles. The van der Waals surface area contributed by atoms with E-state index in [0.717, 1.165) is 25.3 Å². The molecule has 150 valence electrons. The SMILES string of the molecule is CC(Oc1ccc(Cl)cc1[N+](=O)[O-])C(=O)N1CCC(NCC2CC2)CC1.Cl. The standard InChI is InChI=1S/C18H24ClN3O4.ClH/c1-12(26-17-5-4-14(19)10-16(17)22(24)25)18(23)21-8-6-15(7-9-21)20-11-13-2-3-13;/h4-5,10,12-13,15,20H,2-3,6-9,11H2,1H3;1H. The number of nitro groups is 1. The molecule has 0 aromatic heterocycles. The predicted molar refractivity (Wildman–Crippen MR) is 106 cm³/mol. The Morgan fingerprint density at radius 2 is 2.04 bits per heavy atom. The Balaban J connectivity index is 0.00000261. The number of halogens is 2. The number of hydrogen-bond donors (Lipinski definition) is 1. The van der Waals surface area contributed by atoms with E-state index in [1.54, 1.807) is 11.8 Å². The first-order valence-electron chi connectivity index (χ1n) is 9.07. The Kier molecular flexibility index (Phi) is 7.70. The van der Waals surface area contributed by atoms with Crippen LogP contribution in [-0.2, 0) is 4.79 Å². The van der Waals surface area contributed by atoms with Gasteiger partial charge in [-0.1, -0.05) is 11.6 Å². The average Bonchev–Trinajstić information content (AvgIpc) is 3.45. The summed E-state index contributed by atoms with van der Waals surface area (Å²) in [5, 5.41) is 15.0. The zero-order valence-corrected chi connectivity index (χ0v) is 16.8. The number of carbonyl (C=O) groups excluding carboxylic acids is 1. The summed E-state index contributed by atoms with van der Waals surface area (Å²) >= 11 is 5.80. The van der Waals surface area contributed by atoms with Crippen LogP contribution in [0.5, 0.6) is 5.75 Å². The first-order chi connectivity index (χ1) is 12.4. The highest BCUT2D eigenvalue weighted by Crippen LogP contribution is 2.31. The summed E-state index contributed by atoms with van der Waals surface area (Å²) in [7, 11) is 0. The van der Waals surface area contributed by atoms with Crippen molar-refractivity contribution in [2.45, 2.75) is 44.8 Å². The summed E-state index contributed by atoms with van der Waals surface area (Å²) in [6, 6.07) is 4.63. The lowest BCUT2D eigenvalue weighted by atomic mass is 10.0. The fourth-order valence-corrected chi connectivity index (χ4v) is 3.36. The largest absolute Gasteiger partial charge is 0.474 e. The molecular weight excluding hydrogens is 393 g/mol. The second-order valence-corrected chi connectivity index (χ2v) is 7.52. The maximum absolute atomic E-state index is 12.6. The topological polar surface area (TPSA) is 84.7 Å². The van der Waals surface area contributed by atoms with Gasteiger partial charge in [0.05, 0.1) is 4.92 Å². The Hall–Kier alpha value is -1.57. The number of rotatable bonds is 7. The van der Waals surface area contributed by atoms with Gasteiger partial charge in [-0.15, -0.1) is 12.4 Å². The van der Waals surface area contributed by atoms with Gasteiger partial charge in [0.2, 0.25) is 0 Å². The van der Waals surface area contributed by atoms with Crippen LogP contribution in [0.1, 0.15) is 32.6 Å². The number of likely N-dealkylation sites (tertiary alicyclic amines) is 1. The van der Waals surface area contributed by atoms with Crippen molar-refractivity contribution < 1.29 is 14.5 Å². The first-order valence-corrected chi connectivity index (χ1v) is 9.44. The van der Waals surface area contributed by atoms with Gasteiger partial charge < -0.3 is 15.0 Å². The van der Waals surface area contributed by atoms with Crippen molar-refractivity contribution in [3.63, 3.8) is 0 Å². The molecule has 1 amide bonds. The minimum atomic E-state index is -0.786. The smallest absolute Gasteiger partial charge is 0.312 e. The molecule has 1 N–H and O–H groups in total. The fourth-order valence-electron chi connectivity index (χ4n) is 3.19. The van der Waals surface area contributed by atoms with E-state index in [1.807, 2.05) is 0 Å². The van der Waals surface area contributed by atoms with E-state index in [0.29, 0.717) is 19.1 Å². The van der Waals surface area contributed by atoms with Crippen molar-refractivity contribution in [2.75, 3.05) is 19.6 Å². The number of nitro benzene ring substituents is 1. The zero-order chi connectivity index (χ0) is 18.7. The van der Waals surface area contributed by atoms with Crippen LogP contribution in [0.4, 0.5) is 5.69 Å². The molecule has 1 saturated carbocycles. The molecule has 7 nitrogen and oxygen atoms in total. The maximum atomic E-state index is 12.6. The molecular formula is C18H25Cl2N3O4. The van der Waals surface area contributed by atoms with Gasteiger partial charge in [-0.25, -0.2) is 0 Å². The van der Waals surface area contributed by atoms with Gasteiger partial charge in [0.25, 0.3) is 5.91 Å². The maximum Gasteiger partial charge on any atom is 0.312 e. The second kappa shape index (κ2) is 9.57. The van der Waals surface area contributed by atoms with E-state index < -0.39 is 11.0 Å². The number of piperidine rings is 1. The average molecular weight is 418 g/mol. The van der Waals surface area contributed by atoms with Gasteiger partial charge in [0.15, 0.2) is 11.9 Å². The number of hydrogen-bond acceptors (Lipinski definition) is 5. The molecule has 0 bridgehead atoms. The molecule has 2 fully saturated rings. The molecule has 1 aliphatic carbocycles. The fraction of sp³-hybridized carbons (Fsp3) is 0.611. The Morgan fingerprint density at radius 3 is 2.63 bits per heavy atom. The highest BCUT2D eigenvalue weighted by molar-refractivity contribution is 6.30. The number of carbonyl (C=O) groups is 1. The van der Waals surface area contributed by atoms with E-state index in [4.69, 9.17) is 16.3 Å². The first kappa shape index (κ1) is 21.7. The summed E-state index contributed by atoms with van der Waals surface area (Å²) in [6.07, 6.45) is 3.72. The summed E-state index contributed by atoms with van der Waals surface area (Å²) in [5.74, 6) is 0.759. The molecule has 1 atom stereocenters. The lowest BCUT2D eigenvalue weighted by Crippen LogP contribution is -2.48. The van der Waals surface area contributed by atoms with E-state index in [9.17, 15) is 14.9 Å². The van der Waals surface area contributed by atoms with Crippen molar-refractivity contribution in [3.05, 3.63) is 33.3 Å². The number of benzene rings is 1. The van der Waals surface area contributed by atoms with Crippen LogP contribution in [0.15, 0.2) is 18.2 Å². The molecule has 0 spiro atoms. The normalized spacial score (nSPS) is 18.5. The third-order valence-electron chi connectivity index (χ3n) is 4.97. The monoisotopic (exact) mass is 417 g/mol. The lowest BCUT2D eigenvalue weighted by molar-refractivity contribution is -0.386. The summed E-state index contributed by atoms with van der Waals surface area (Å²) in [5.41, 5.74) is -0.236. The van der Waals surface area contributed by atoms with Crippen LogP contribution in [0.25, 0.3) is 0 Å². The summed E-state index contributed by atoms with van der Waals surface area (Å²) < 4.78 is 5.58. The minimum Gasteiger partial charge on any atom is -0.474 e. The highest BCUT2D eigenvalue weighted by atomic mass is 35.5. The van der Waals surface area contributed by atoms with Crippen molar-refractivity contribution in [1.29, 1.82) is 0 Å². The summed E-state index contributed by atoms with van der Waals surface area (Å²) in [4.78, 5) is 25.0. The Morgan fingerprint density at radius 1 is 1.37 bits per heavy atom. The lowest BCUT2D eigenvalue weighted by Gasteiger charge is -2.34.